The van der Waals surface area contributed by atoms with Crippen LogP contribution in [0.5, 0.6) is 0 Å². The van der Waals surface area contributed by atoms with E-state index in [1.807, 2.05) is 19.5 Å². The predicted octanol–water partition coefficient (Wildman–Crippen LogP) is 2.69. The zero-order chi connectivity index (χ0) is 13.1. The van der Waals surface area contributed by atoms with Gasteiger partial charge in [-0.15, -0.1) is 0 Å². The van der Waals surface area contributed by atoms with Crippen LogP contribution in [-0.2, 0) is 4.74 Å². The van der Waals surface area contributed by atoms with Gasteiger partial charge in [-0.3, -0.25) is 9.88 Å². The van der Waals surface area contributed by atoms with Crippen LogP contribution in [0.1, 0.15) is 37.2 Å². The van der Waals surface area contributed by atoms with E-state index in [0.717, 1.165) is 24.5 Å². The fraction of sp³-hybridized carbons (Fsp3) is 0.688. The molecule has 1 aliphatic carbocycles. The first-order valence-electron chi connectivity index (χ1n) is 7.49. The molecule has 3 nitrogen and oxygen atoms in total. The van der Waals surface area contributed by atoms with E-state index < -0.39 is 0 Å². The van der Waals surface area contributed by atoms with Gasteiger partial charge in [0.2, 0.25) is 0 Å². The van der Waals surface area contributed by atoms with Crippen molar-refractivity contribution in [2.75, 3.05) is 26.8 Å². The number of nitrogens with zero attached hydrogens (tertiary/aromatic N) is 2. The lowest BCUT2D eigenvalue weighted by atomic mass is 9.74. The van der Waals surface area contributed by atoms with Crippen molar-refractivity contribution in [1.29, 1.82) is 0 Å². The van der Waals surface area contributed by atoms with Crippen molar-refractivity contribution in [2.45, 2.75) is 37.6 Å². The Hall–Kier alpha value is -0.930. The van der Waals surface area contributed by atoms with Gasteiger partial charge in [0.1, 0.15) is 0 Å². The minimum absolute atomic E-state index is 0.749. The molecule has 0 bridgehead atoms. The highest BCUT2D eigenvalue weighted by Gasteiger charge is 2.36. The minimum Gasteiger partial charge on any atom is -0.384 e. The molecule has 0 amide bonds. The molecule has 1 unspecified atom stereocenters. The van der Waals surface area contributed by atoms with E-state index in [4.69, 9.17) is 4.74 Å². The molecule has 1 saturated heterocycles. The average molecular weight is 260 g/mol. The third-order valence-electron chi connectivity index (χ3n) is 4.76. The van der Waals surface area contributed by atoms with Crippen molar-refractivity contribution in [2.24, 2.45) is 5.92 Å². The molecule has 0 aromatic carbocycles. The normalized spacial score (nSPS) is 31.9. The van der Waals surface area contributed by atoms with Crippen molar-refractivity contribution in [1.82, 2.24) is 9.88 Å². The highest BCUT2D eigenvalue weighted by atomic mass is 16.5. The largest absolute Gasteiger partial charge is 0.384 e. The maximum absolute atomic E-state index is 5.32. The van der Waals surface area contributed by atoms with Gasteiger partial charge in [0, 0.05) is 32.1 Å². The van der Waals surface area contributed by atoms with Crippen LogP contribution in [0.3, 0.4) is 0 Å². The molecule has 2 heterocycles. The Morgan fingerprint density at radius 2 is 2.11 bits per heavy atom. The van der Waals surface area contributed by atoms with E-state index in [9.17, 15) is 0 Å². The summed E-state index contributed by atoms with van der Waals surface area (Å²) < 4.78 is 5.32. The van der Waals surface area contributed by atoms with Crippen LogP contribution in [0.15, 0.2) is 24.5 Å². The Balaban J connectivity index is 1.50. The van der Waals surface area contributed by atoms with E-state index in [2.05, 4.69) is 22.0 Å². The van der Waals surface area contributed by atoms with Crippen LogP contribution in [-0.4, -0.2) is 42.7 Å². The third kappa shape index (κ3) is 2.98. The summed E-state index contributed by atoms with van der Waals surface area (Å²) in [4.78, 5) is 6.80. The molecule has 3 heteroatoms. The van der Waals surface area contributed by atoms with Gasteiger partial charge >= 0.3 is 0 Å². The molecule has 0 spiro atoms. The first-order chi connectivity index (χ1) is 9.36. The SMILES string of the molecule is COCC1CCCN(C2CC(c3ccncc3)C2)C1. The number of piperidine rings is 1. The van der Waals surface area contributed by atoms with Crippen LogP contribution in [0.2, 0.25) is 0 Å². The summed E-state index contributed by atoms with van der Waals surface area (Å²) in [7, 11) is 1.82. The molecule has 1 atom stereocenters. The molecule has 1 aromatic rings. The molecule has 0 N–H and O–H groups in total. The third-order valence-corrected chi connectivity index (χ3v) is 4.76. The summed E-state index contributed by atoms with van der Waals surface area (Å²) in [5.74, 6) is 1.51. The highest BCUT2D eigenvalue weighted by Crippen LogP contribution is 2.40. The monoisotopic (exact) mass is 260 g/mol. The van der Waals surface area contributed by atoms with Crippen molar-refractivity contribution in [3.05, 3.63) is 30.1 Å². The minimum atomic E-state index is 0.749. The lowest BCUT2D eigenvalue weighted by Crippen LogP contribution is -2.49. The fourth-order valence-electron chi connectivity index (χ4n) is 3.59. The number of hydrogen-bond donors (Lipinski definition) is 0. The molecular weight excluding hydrogens is 236 g/mol. The van der Waals surface area contributed by atoms with Gasteiger partial charge in [-0.2, -0.15) is 0 Å². The molecule has 1 saturated carbocycles. The van der Waals surface area contributed by atoms with Crippen molar-refractivity contribution < 1.29 is 4.74 Å². The molecule has 104 valence electrons. The van der Waals surface area contributed by atoms with Gasteiger partial charge in [-0.25, -0.2) is 0 Å². The number of methoxy groups -OCH3 is 1. The Labute approximate surface area is 116 Å². The Morgan fingerprint density at radius 1 is 1.32 bits per heavy atom. The second-order valence-corrected chi connectivity index (χ2v) is 6.06. The quantitative estimate of drug-likeness (QED) is 0.832. The fourth-order valence-corrected chi connectivity index (χ4v) is 3.59. The summed E-state index contributed by atoms with van der Waals surface area (Å²) in [6.07, 6.45) is 9.15. The van der Waals surface area contributed by atoms with Gasteiger partial charge in [0.15, 0.2) is 0 Å². The topological polar surface area (TPSA) is 25.4 Å². The zero-order valence-electron chi connectivity index (χ0n) is 11.8. The maximum Gasteiger partial charge on any atom is 0.0502 e. The van der Waals surface area contributed by atoms with Crippen molar-refractivity contribution in [3.8, 4) is 0 Å². The second-order valence-electron chi connectivity index (χ2n) is 6.06. The predicted molar refractivity (Wildman–Crippen MR) is 76.2 cm³/mol. The van der Waals surface area contributed by atoms with Crippen LogP contribution in [0, 0.1) is 5.92 Å². The van der Waals surface area contributed by atoms with Crippen LogP contribution >= 0.6 is 0 Å². The van der Waals surface area contributed by atoms with E-state index in [1.165, 1.54) is 44.3 Å². The van der Waals surface area contributed by atoms with Gasteiger partial charge in [0.25, 0.3) is 0 Å². The summed E-state index contributed by atoms with van der Waals surface area (Å²) in [6.45, 7) is 3.45. The number of pyridine rings is 1. The van der Waals surface area contributed by atoms with Gasteiger partial charge in [-0.1, -0.05) is 0 Å². The molecule has 0 radical (unpaired) electrons. The molecule has 2 aliphatic rings. The van der Waals surface area contributed by atoms with Crippen LogP contribution in [0.4, 0.5) is 0 Å². The molecule has 1 aliphatic heterocycles. The first-order valence-corrected chi connectivity index (χ1v) is 7.49. The second kappa shape index (κ2) is 6.02. The van der Waals surface area contributed by atoms with Crippen molar-refractivity contribution in [3.63, 3.8) is 0 Å². The number of rotatable bonds is 4. The number of hydrogen-bond acceptors (Lipinski definition) is 3. The maximum atomic E-state index is 5.32. The summed E-state index contributed by atoms with van der Waals surface area (Å²) >= 11 is 0. The number of ether oxygens (including phenoxy) is 1. The smallest absolute Gasteiger partial charge is 0.0502 e. The van der Waals surface area contributed by atoms with E-state index in [0.29, 0.717) is 0 Å². The molecule has 2 fully saturated rings. The molecule has 1 aromatic heterocycles. The summed E-state index contributed by atoms with van der Waals surface area (Å²) in [5, 5.41) is 0. The highest BCUT2D eigenvalue weighted by molar-refractivity contribution is 5.20. The average Bonchev–Trinajstić information content (AvgIpc) is 2.39. The first kappa shape index (κ1) is 13.1. The molecular formula is C16H24N2O. The molecule has 3 rings (SSSR count). The molecule has 19 heavy (non-hydrogen) atoms. The Bertz CT molecular complexity index is 387. The Morgan fingerprint density at radius 3 is 2.84 bits per heavy atom. The lowest BCUT2D eigenvalue weighted by Gasteiger charge is -2.46. The zero-order valence-corrected chi connectivity index (χ0v) is 11.8. The lowest BCUT2D eigenvalue weighted by molar-refractivity contribution is 0.0359. The van der Waals surface area contributed by atoms with E-state index in [1.54, 1.807) is 0 Å². The van der Waals surface area contributed by atoms with Gasteiger partial charge in [-0.05, 0) is 61.8 Å². The standard InChI is InChI=1S/C16H24N2O/c1-19-12-13-3-2-8-18(11-13)16-9-15(10-16)14-4-6-17-7-5-14/h4-7,13,15-16H,2-3,8-12H2,1H3. The van der Waals surface area contributed by atoms with Crippen molar-refractivity contribution >= 4 is 0 Å². The van der Waals surface area contributed by atoms with Gasteiger partial charge in [0.05, 0.1) is 6.61 Å². The van der Waals surface area contributed by atoms with Crippen LogP contribution < -0.4 is 0 Å². The van der Waals surface area contributed by atoms with Crippen LogP contribution in [0.25, 0.3) is 0 Å². The van der Waals surface area contributed by atoms with E-state index >= 15 is 0 Å². The van der Waals surface area contributed by atoms with E-state index in [-0.39, 0.29) is 0 Å². The summed E-state index contributed by atoms with van der Waals surface area (Å²) in [5.41, 5.74) is 1.47. The summed E-state index contributed by atoms with van der Waals surface area (Å²) in [6, 6.07) is 5.15. The van der Waals surface area contributed by atoms with Gasteiger partial charge < -0.3 is 4.74 Å². The Kier molecular flexibility index (Phi) is 4.14. The number of likely N-dealkylation sites (tertiary alicyclic amines) is 1. The number of aromatic nitrogens is 1.